The van der Waals surface area contributed by atoms with Gasteiger partial charge in [-0.3, -0.25) is 15.3 Å². The van der Waals surface area contributed by atoms with Gasteiger partial charge in [0, 0.05) is 40.1 Å². The van der Waals surface area contributed by atoms with Gasteiger partial charge in [0.2, 0.25) is 0 Å². The Morgan fingerprint density at radius 2 is 2.05 bits per heavy atom. The summed E-state index contributed by atoms with van der Waals surface area (Å²) in [6, 6.07) is 3.81. The van der Waals surface area contributed by atoms with Crippen molar-refractivity contribution in [2.75, 3.05) is 27.3 Å². The molecule has 0 aliphatic carbocycles. The molecule has 104 valence electrons. The average molecular weight is 264 g/mol. The van der Waals surface area contributed by atoms with Gasteiger partial charge in [-0.2, -0.15) is 0 Å². The molecular formula is C13H20N4O2. The first-order valence-electron chi connectivity index (χ1n) is 6.22. The molecule has 1 fully saturated rings. The maximum absolute atomic E-state index is 7.55. The molecule has 0 spiro atoms. The number of ether oxygens (including phenoxy) is 2. The molecule has 0 amide bonds. The number of nitrogen functional groups attached to an aromatic ring is 1. The molecule has 2 rings (SSSR count). The number of rotatable bonds is 5. The Kier molecular flexibility index (Phi) is 4.47. The van der Waals surface area contributed by atoms with Crippen LogP contribution in [0.5, 0.6) is 0 Å². The lowest BCUT2D eigenvalue weighted by Gasteiger charge is -2.16. The van der Waals surface area contributed by atoms with Crippen LogP contribution < -0.4 is 5.73 Å². The highest BCUT2D eigenvalue weighted by atomic mass is 16.5. The first kappa shape index (κ1) is 13.9. The quantitative estimate of drug-likeness (QED) is 0.586. The van der Waals surface area contributed by atoms with E-state index in [1.54, 1.807) is 20.4 Å². The number of likely N-dealkylation sites (tertiary alicyclic amines) is 1. The highest BCUT2D eigenvalue weighted by Gasteiger charge is 2.33. The van der Waals surface area contributed by atoms with E-state index in [1.807, 2.05) is 12.1 Å². The third-order valence-corrected chi connectivity index (χ3v) is 3.44. The third kappa shape index (κ3) is 3.09. The van der Waals surface area contributed by atoms with Gasteiger partial charge in [-0.05, 0) is 11.6 Å². The molecule has 3 N–H and O–H groups in total. The summed E-state index contributed by atoms with van der Waals surface area (Å²) in [5, 5.41) is 7.55. The molecule has 1 saturated heterocycles. The Balaban J connectivity index is 2.08. The minimum Gasteiger partial charge on any atom is -0.382 e. The Morgan fingerprint density at radius 3 is 2.58 bits per heavy atom. The molecule has 2 atom stereocenters. The van der Waals surface area contributed by atoms with Gasteiger partial charge in [-0.15, -0.1) is 0 Å². The summed E-state index contributed by atoms with van der Waals surface area (Å²) < 4.78 is 10.8. The van der Waals surface area contributed by atoms with Crippen LogP contribution in [0, 0.1) is 5.41 Å². The van der Waals surface area contributed by atoms with Crippen LogP contribution in [0.2, 0.25) is 0 Å². The predicted molar refractivity (Wildman–Crippen MR) is 72.1 cm³/mol. The summed E-state index contributed by atoms with van der Waals surface area (Å²) in [5.41, 5.74) is 7.06. The van der Waals surface area contributed by atoms with Crippen LogP contribution in [0.25, 0.3) is 0 Å². The monoisotopic (exact) mass is 264 g/mol. The number of methoxy groups -OCH3 is 2. The molecule has 1 aliphatic heterocycles. The Hall–Kier alpha value is -1.50. The molecule has 19 heavy (non-hydrogen) atoms. The van der Waals surface area contributed by atoms with Crippen LogP contribution in [-0.2, 0) is 16.0 Å². The molecule has 0 radical (unpaired) electrons. The third-order valence-electron chi connectivity index (χ3n) is 3.44. The van der Waals surface area contributed by atoms with E-state index >= 15 is 0 Å². The van der Waals surface area contributed by atoms with Gasteiger partial charge in [-0.25, -0.2) is 0 Å². The highest BCUT2D eigenvalue weighted by Crippen LogP contribution is 2.19. The minimum absolute atomic E-state index is 0.00128. The van der Waals surface area contributed by atoms with E-state index in [2.05, 4.69) is 9.88 Å². The highest BCUT2D eigenvalue weighted by molar-refractivity contribution is 5.94. The number of nitrogens with zero attached hydrogens (tertiary/aromatic N) is 2. The van der Waals surface area contributed by atoms with Crippen LogP contribution in [0.4, 0.5) is 0 Å². The Morgan fingerprint density at radius 1 is 1.42 bits per heavy atom. The first-order chi connectivity index (χ1) is 9.15. The summed E-state index contributed by atoms with van der Waals surface area (Å²) in [5.74, 6) is 0.00128. The lowest BCUT2D eigenvalue weighted by Crippen LogP contribution is -2.27. The van der Waals surface area contributed by atoms with Crippen molar-refractivity contribution in [3.8, 4) is 0 Å². The van der Waals surface area contributed by atoms with Crippen molar-refractivity contribution >= 4 is 5.84 Å². The van der Waals surface area contributed by atoms with Crippen molar-refractivity contribution in [3.05, 3.63) is 29.6 Å². The molecule has 0 bridgehead atoms. The van der Waals surface area contributed by atoms with Gasteiger partial charge in [0.05, 0.1) is 12.2 Å². The molecule has 1 aliphatic rings. The van der Waals surface area contributed by atoms with Crippen molar-refractivity contribution < 1.29 is 9.47 Å². The molecule has 2 heterocycles. The number of hydrogen-bond donors (Lipinski definition) is 2. The second-order valence-corrected chi connectivity index (χ2v) is 4.67. The van der Waals surface area contributed by atoms with Crippen molar-refractivity contribution in [2.45, 2.75) is 18.8 Å². The topological polar surface area (TPSA) is 84.5 Å². The minimum atomic E-state index is 0.00128. The van der Waals surface area contributed by atoms with E-state index < -0.39 is 0 Å². The van der Waals surface area contributed by atoms with Crippen molar-refractivity contribution in [2.24, 2.45) is 5.73 Å². The SMILES string of the molecule is COC1CN(Cc2cccnc2C(=N)N)CC1OC. The van der Waals surface area contributed by atoms with E-state index in [0.717, 1.165) is 18.7 Å². The number of pyridine rings is 1. The molecule has 0 saturated carbocycles. The fourth-order valence-corrected chi connectivity index (χ4v) is 2.45. The van der Waals surface area contributed by atoms with E-state index in [0.29, 0.717) is 12.2 Å². The zero-order chi connectivity index (χ0) is 13.8. The second-order valence-electron chi connectivity index (χ2n) is 4.67. The van der Waals surface area contributed by atoms with Crippen LogP contribution in [0.15, 0.2) is 18.3 Å². The molecule has 6 nitrogen and oxygen atoms in total. The van der Waals surface area contributed by atoms with E-state index in [1.165, 1.54) is 0 Å². The van der Waals surface area contributed by atoms with Gasteiger partial charge >= 0.3 is 0 Å². The van der Waals surface area contributed by atoms with E-state index in [-0.39, 0.29) is 18.0 Å². The van der Waals surface area contributed by atoms with Gasteiger partial charge in [0.1, 0.15) is 11.5 Å². The summed E-state index contributed by atoms with van der Waals surface area (Å²) in [4.78, 5) is 6.39. The maximum Gasteiger partial charge on any atom is 0.142 e. The zero-order valence-corrected chi connectivity index (χ0v) is 11.3. The number of hydrogen-bond acceptors (Lipinski definition) is 5. The van der Waals surface area contributed by atoms with Crippen LogP contribution in [-0.4, -0.2) is 55.2 Å². The molecule has 2 unspecified atom stereocenters. The maximum atomic E-state index is 7.55. The molecule has 1 aromatic rings. The van der Waals surface area contributed by atoms with Crippen LogP contribution >= 0.6 is 0 Å². The second kappa shape index (κ2) is 6.10. The van der Waals surface area contributed by atoms with Gasteiger partial charge in [0.15, 0.2) is 0 Å². The summed E-state index contributed by atoms with van der Waals surface area (Å²) in [6.07, 6.45) is 1.82. The standard InChI is InChI=1S/C13H20N4O2/c1-18-10-7-17(8-11(10)19-2)6-9-4-3-5-16-12(9)13(14)15/h3-5,10-11H,6-8H2,1-2H3,(H3,14,15). The fourth-order valence-electron chi connectivity index (χ4n) is 2.45. The summed E-state index contributed by atoms with van der Waals surface area (Å²) in [6.45, 7) is 2.31. The van der Waals surface area contributed by atoms with Gasteiger partial charge < -0.3 is 15.2 Å². The first-order valence-corrected chi connectivity index (χ1v) is 6.22. The van der Waals surface area contributed by atoms with Gasteiger partial charge in [0.25, 0.3) is 0 Å². The van der Waals surface area contributed by atoms with E-state index in [4.69, 9.17) is 20.6 Å². The zero-order valence-electron chi connectivity index (χ0n) is 11.3. The van der Waals surface area contributed by atoms with Crippen molar-refractivity contribution in [1.82, 2.24) is 9.88 Å². The normalized spacial score (nSPS) is 23.7. The van der Waals surface area contributed by atoms with Gasteiger partial charge in [-0.1, -0.05) is 6.07 Å². The smallest absolute Gasteiger partial charge is 0.142 e. The predicted octanol–water partition coefficient (Wildman–Crippen LogP) is 0.211. The summed E-state index contributed by atoms with van der Waals surface area (Å²) in [7, 11) is 3.40. The lowest BCUT2D eigenvalue weighted by molar-refractivity contribution is -0.00461. The average Bonchev–Trinajstić information content (AvgIpc) is 2.81. The van der Waals surface area contributed by atoms with Crippen molar-refractivity contribution in [1.29, 1.82) is 5.41 Å². The number of amidine groups is 1. The summed E-state index contributed by atoms with van der Waals surface area (Å²) >= 11 is 0. The number of nitrogens with two attached hydrogens (primary N) is 1. The van der Waals surface area contributed by atoms with E-state index in [9.17, 15) is 0 Å². The Labute approximate surface area is 113 Å². The molecule has 6 heteroatoms. The molecular weight excluding hydrogens is 244 g/mol. The molecule has 0 aromatic carbocycles. The van der Waals surface area contributed by atoms with Crippen molar-refractivity contribution in [3.63, 3.8) is 0 Å². The fraction of sp³-hybridized carbons (Fsp3) is 0.538. The Bertz CT molecular complexity index is 440. The van der Waals surface area contributed by atoms with Crippen LogP contribution in [0.1, 0.15) is 11.3 Å². The largest absolute Gasteiger partial charge is 0.382 e. The number of aromatic nitrogens is 1. The molecule has 1 aromatic heterocycles. The van der Waals surface area contributed by atoms with Crippen LogP contribution in [0.3, 0.4) is 0 Å². The lowest BCUT2D eigenvalue weighted by atomic mass is 10.1. The number of nitrogens with one attached hydrogen (secondary N) is 1.